The van der Waals surface area contributed by atoms with Crippen molar-refractivity contribution >= 4 is 5.91 Å². The van der Waals surface area contributed by atoms with Gasteiger partial charge in [-0.05, 0) is 25.7 Å². The van der Waals surface area contributed by atoms with Gasteiger partial charge in [0.1, 0.15) is 6.61 Å². The van der Waals surface area contributed by atoms with Crippen LogP contribution in [0.25, 0.3) is 0 Å². The van der Waals surface area contributed by atoms with Crippen LogP contribution in [0.4, 0.5) is 0 Å². The number of rotatable bonds is 5. The molecule has 4 heteroatoms. The van der Waals surface area contributed by atoms with Crippen molar-refractivity contribution in [3.8, 4) is 0 Å². The third-order valence-electron chi connectivity index (χ3n) is 3.88. The van der Waals surface area contributed by atoms with E-state index in [1.165, 1.54) is 19.3 Å². The van der Waals surface area contributed by atoms with E-state index in [9.17, 15) is 4.79 Å². The van der Waals surface area contributed by atoms with Crippen LogP contribution in [0.2, 0.25) is 0 Å². The van der Waals surface area contributed by atoms with Crippen LogP contribution >= 0.6 is 0 Å². The number of hydrogen-bond donors (Lipinski definition) is 1. The number of nitrogens with zero attached hydrogens (tertiary/aromatic N) is 1. The minimum absolute atomic E-state index is 0.113. The van der Waals surface area contributed by atoms with E-state index in [0.717, 1.165) is 26.2 Å². The molecule has 2 aliphatic rings. The first-order valence-corrected chi connectivity index (χ1v) is 6.75. The average molecular weight is 240 g/mol. The lowest BCUT2D eigenvalue weighted by Gasteiger charge is -2.39. The van der Waals surface area contributed by atoms with Gasteiger partial charge in [0.15, 0.2) is 0 Å². The summed E-state index contributed by atoms with van der Waals surface area (Å²) in [5, 5.41) is 3.17. The summed E-state index contributed by atoms with van der Waals surface area (Å²) >= 11 is 0. The Balaban J connectivity index is 1.70. The molecule has 1 atom stereocenters. The molecule has 17 heavy (non-hydrogen) atoms. The lowest BCUT2D eigenvalue weighted by Crippen LogP contribution is -2.59. The second-order valence-corrected chi connectivity index (χ2v) is 5.63. The fourth-order valence-electron chi connectivity index (χ4n) is 2.61. The highest BCUT2D eigenvalue weighted by Gasteiger charge is 2.34. The second kappa shape index (κ2) is 5.36. The number of carbonyl (C=O) groups is 1. The Hall–Kier alpha value is -0.610. The van der Waals surface area contributed by atoms with E-state index in [1.807, 2.05) is 4.90 Å². The standard InChI is InChI=1S/C13H24N2O2/c1-3-4-11-5-6-15(7-11)12(16)8-17-13(2)9-14-10-13/h11,14H,3-10H2,1-2H3. The maximum Gasteiger partial charge on any atom is 0.248 e. The molecule has 0 spiro atoms. The Bertz CT molecular complexity index is 277. The fraction of sp³-hybridized carbons (Fsp3) is 0.923. The molecule has 0 aromatic carbocycles. The number of amides is 1. The molecular formula is C13H24N2O2. The Kier molecular flexibility index (Phi) is 4.05. The smallest absolute Gasteiger partial charge is 0.248 e. The molecule has 2 saturated heterocycles. The topological polar surface area (TPSA) is 41.6 Å². The molecule has 4 nitrogen and oxygen atoms in total. The summed E-state index contributed by atoms with van der Waals surface area (Å²) < 4.78 is 5.68. The summed E-state index contributed by atoms with van der Waals surface area (Å²) in [5.41, 5.74) is -0.113. The highest BCUT2D eigenvalue weighted by Crippen LogP contribution is 2.21. The molecule has 2 aliphatic heterocycles. The van der Waals surface area contributed by atoms with Gasteiger partial charge < -0.3 is 15.0 Å². The van der Waals surface area contributed by atoms with Crippen molar-refractivity contribution in [3.05, 3.63) is 0 Å². The van der Waals surface area contributed by atoms with Gasteiger partial charge in [-0.2, -0.15) is 0 Å². The maximum absolute atomic E-state index is 12.0. The molecular weight excluding hydrogens is 216 g/mol. The molecule has 98 valence electrons. The van der Waals surface area contributed by atoms with Gasteiger partial charge >= 0.3 is 0 Å². The highest BCUT2D eigenvalue weighted by atomic mass is 16.5. The van der Waals surface area contributed by atoms with Gasteiger partial charge in [-0.3, -0.25) is 4.79 Å². The molecule has 0 saturated carbocycles. The van der Waals surface area contributed by atoms with Crippen molar-refractivity contribution in [1.82, 2.24) is 10.2 Å². The van der Waals surface area contributed by atoms with Crippen molar-refractivity contribution in [1.29, 1.82) is 0 Å². The van der Waals surface area contributed by atoms with Gasteiger partial charge in [-0.15, -0.1) is 0 Å². The van der Waals surface area contributed by atoms with Crippen LogP contribution in [0.1, 0.15) is 33.1 Å². The van der Waals surface area contributed by atoms with E-state index in [0.29, 0.717) is 5.92 Å². The molecule has 2 fully saturated rings. The van der Waals surface area contributed by atoms with Gasteiger partial charge in [0.2, 0.25) is 5.91 Å². The first kappa shape index (κ1) is 12.8. The van der Waals surface area contributed by atoms with E-state index in [-0.39, 0.29) is 18.1 Å². The molecule has 0 radical (unpaired) electrons. The SMILES string of the molecule is CCCC1CCN(C(=O)COC2(C)CNC2)C1. The number of likely N-dealkylation sites (tertiary alicyclic amines) is 1. The molecule has 1 amide bonds. The summed E-state index contributed by atoms with van der Waals surface area (Å²) in [6.07, 6.45) is 3.62. The molecule has 0 aromatic rings. The summed E-state index contributed by atoms with van der Waals surface area (Å²) in [7, 11) is 0. The van der Waals surface area contributed by atoms with Crippen molar-refractivity contribution < 1.29 is 9.53 Å². The van der Waals surface area contributed by atoms with Crippen LogP contribution in [0.15, 0.2) is 0 Å². The fourth-order valence-corrected chi connectivity index (χ4v) is 2.61. The predicted octanol–water partition coefficient (Wildman–Crippen LogP) is 1.01. The third-order valence-corrected chi connectivity index (χ3v) is 3.88. The molecule has 2 rings (SSSR count). The zero-order valence-corrected chi connectivity index (χ0v) is 11.0. The van der Waals surface area contributed by atoms with E-state index in [4.69, 9.17) is 4.74 Å². The lowest BCUT2D eigenvalue weighted by atomic mass is 10.0. The number of nitrogens with one attached hydrogen (secondary N) is 1. The Labute approximate surface area is 104 Å². The van der Waals surface area contributed by atoms with Gasteiger partial charge in [-0.1, -0.05) is 13.3 Å². The molecule has 0 aliphatic carbocycles. The second-order valence-electron chi connectivity index (χ2n) is 5.63. The van der Waals surface area contributed by atoms with Crippen molar-refractivity contribution in [2.75, 3.05) is 32.8 Å². The van der Waals surface area contributed by atoms with Gasteiger partial charge in [-0.25, -0.2) is 0 Å². The van der Waals surface area contributed by atoms with Gasteiger partial charge in [0, 0.05) is 26.2 Å². The van der Waals surface area contributed by atoms with Crippen molar-refractivity contribution in [2.24, 2.45) is 5.92 Å². The van der Waals surface area contributed by atoms with Crippen LogP contribution in [0.3, 0.4) is 0 Å². The van der Waals surface area contributed by atoms with Gasteiger partial charge in [0.25, 0.3) is 0 Å². The normalized spacial score (nSPS) is 26.9. The predicted molar refractivity (Wildman–Crippen MR) is 66.8 cm³/mol. The van der Waals surface area contributed by atoms with Gasteiger partial charge in [0.05, 0.1) is 5.60 Å². The van der Waals surface area contributed by atoms with Crippen LogP contribution in [-0.4, -0.2) is 49.2 Å². The maximum atomic E-state index is 12.0. The van der Waals surface area contributed by atoms with Crippen LogP contribution < -0.4 is 5.32 Å². The van der Waals surface area contributed by atoms with E-state index >= 15 is 0 Å². The molecule has 0 bridgehead atoms. The molecule has 2 heterocycles. The minimum Gasteiger partial charge on any atom is -0.363 e. The quantitative estimate of drug-likeness (QED) is 0.780. The minimum atomic E-state index is -0.113. The number of ether oxygens (including phenoxy) is 1. The third kappa shape index (κ3) is 3.19. The van der Waals surface area contributed by atoms with E-state index in [1.54, 1.807) is 0 Å². The van der Waals surface area contributed by atoms with Crippen molar-refractivity contribution in [2.45, 2.75) is 38.7 Å². The zero-order valence-electron chi connectivity index (χ0n) is 11.0. The summed E-state index contributed by atoms with van der Waals surface area (Å²) in [6, 6.07) is 0. The largest absolute Gasteiger partial charge is 0.363 e. The van der Waals surface area contributed by atoms with Crippen LogP contribution in [0.5, 0.6) is 0 Å². The number of carbonyl (C=O) groups excluding carboxylic acids is 1. The average Bonchev–Trinajstić information content (AvgIpc) is 2.72. The van der Waals surface area contributed by atoms with Crippen LogP contribution in [-0.2, 0) is 9.53 Å². The van der Waals surface area contributed by atoms with Crippen molar-refractivity contribution in [3.63, 3.8) is 0 Å². The monoisotopic (exact) mass is 240 g/mol. The Morgan fingerprint density at radius 1 is 1.53 bits per heavy atom. The summed E-state index contributed by atoms with van der Waals surface area (Å²) in [4.78, 5) is 13.9. The molecule has 0 aromatic heterocycles. The summed E-state index contributed by atoms with van der Waals surface area (Å²) in [6.45, 7) is 8.08. The number of hydrogen-bond acceptors (Lipinski definition) is 3. The first-order valence-electron chi connectivity index (χ1n) is 6.75. The Morgan fingerprint density at radius 2 is 2.29 bits per heavy atom. The highest BCUT2D eigenvalue weighted by molar-refractivity contribution is 5.77. The zero-order chi connectivity index (χ0) is 12.3. The van der Waals surface area contributed by atoms with Crippen LogP contribution in [0, 0.1) is 5.92 Å². The molecule has 1 N–H and O–H groups in total. The summed E-state index contributed by atoms with van der Waals surface area (Å²) in [5.74, 6) is 0.877. The van der Waals surface area contributed by atoms with E-state index in [2.05, 4.69) is 19.2 Å². The first-order chi connectivity index (χ1) is 8.13. The van der Waals surface area contributed by atoms with E-state index < -0.39 is 0 Å². The molecule has 1 unspecified atom stereocenters. The Morgan fingerprint density at radius 3 is 2.88 bits per heavy atom. The lowest BCUT2D eigenvalue weighted by molar-refractivity contribution is -0.145.